The molecule has 0 aromatic carbocycles. The fourth-order valence-corrected chi connectivity index (χ4v) is 2.56. The highest BCUT2D eigenvalue weighted by molar-refractivity contribution is 5.07. The number of aliphatic hydroxyl groups is 1. The van der Waals surface area contributed by atoms with Crippen LogP contribution in [0.15, 0.2) is 24.4 Å². The number of pyridine rings is 1. The summed E-state index contributed by atoms with van der Waals surface area (Å²) in [7, 11) is 0. The fraction of sp³-hybridized carbons (Fsp3) is 0.667. The van der Waals surface area contributed by atoms with Crippen LogP contribution in [-0.4, -0.2) is 22.2 Å². The topological polar surface area (TPSA) is 45.1 Å². The molecule has 3 nitrogen and oxygen atoms in total. The molecule has 0 bridgehead atoms. The van der Waals surface area contributed by atoms with Crippen molar-refractivity contribution in [1.29, 1.82) is 0 Å². The van der Waals surface area contributed by atoms with Gasteiger partial charge in [-0.05, 0) is 50.7 Å². The first kappa shape index (κ1) is 13.5. The van der Waals surface area contributed by atoms with E-state index in [1.807, 2.05) is 24.4 Å². The van der Waals surface area contributed by atoms with E-state index in [9.17, 15) is 5.11 Å². The maximum atomic E-state index is 10.5. The average molecular weight is 248 g/mol. The molecule has 1 unspecified atom stereocenters. The van der Waals surface area contributed by atoms with Crippen molar-refractivity contribution < 1.29 is 5.11 Å². The molecule has 0 saturated heterocycles. The maximum Gasteiger partial charge on any atom is 0.0772 e. The zero-order chi connectivity index (χ0) is 13.0. The summed E-state index contributed by atoms with van der Waals surface area (Å²) in [6.45, 7) is 5.03. The average Bonchev–Trinajstić information content (AvgIpc) is 2.41. The molecule has 2 rings (SSSR count). The Balaban J connectivity index is 1.84. The van der Waals surface area contributed by atoms with Crippen LogP contribution in [0, 0.1) is 5.92 Å². The van der Waals surface area contributed by atoms with Gasteiger partial charge in [0.05, 0.1) is 11.3 Å². The molecule has 1 aromatic heterocycles. The molecular weight excluding hydrogens is 224 g/mol. The van der Waals surface area contributed by atoms with Crippen molar-refractivity contribution in [3.05, 3.63) is 30.1 Å². The molecule has 1 heterocycles. The van der Waals surface area contributed by atoms with E-state index in [0.717, 1.165) is 37.3 Å². The molecule has 0 spiro atoms. The van der Waals surface area contributed by atoms with Crippen molar-refractivity contribution in [2.45, 2.75) is 51.2 Å². The summed E-state index contributed by atoms with van der Waals surface area (Å²) in [4.78, 5) is 4.33. The zero-order valence-corrected chi connectivity index (χ0v) is 11.4. The van der Waals surface area contributed by atoms with Crippen molar-refractivity contribution in [1.82, 2.24) is 10.3 Å². The summed E-state index contributed by atoms with van der Waals surface area (Å²) in [5.74, 6) is 0.762. The largest absolute Gasteiger partial charge is 0.389 e. The third-order valence-electron chi connectivity index (χ3n) is 4.07. The summed E-state index contributed by atoms with van der Waals surface area (Å²) in [6.07, 6.45) is 5.91. The van der Waals surface area contributed by atoms with Gasteiger partial charge in [0.15, 0.2) is 0 Å². The highest BCUT2D eigenvalue weighted by atomic mass is 16.3. The van der Waals surface area contributed by atoms with Gasteiger partial charge in [0.1, 0.15) is 0 Å². The van der Waals surface area contributed by atoms with Crippen LogP contribution in [0.1, 0.15) is 51.3 Å². The Kier molecular flexibility index (Phi) is 4.36. The molecule has 0 radical (unpaired) electrons. The second-order valence-electron chi connectivity index (χ2n) is 5.76. The predicted octanol–water partition coefficient (Wildman–Crippen LogP) is 2.67. The molecule has 1 aliphatic rings. The summed E-state index contributed by atoms with van der Waals surface area (Å²) in [6, 6.07) is 6.13. The molecule has 3 heteroatoms. The van der Waals surface area contributed by atoms with Crippen LogP contribution in [0.3, 0.4) is 0 Å². The number of nitrogens with one attached hydrogen (secondary N) is 1. The fourth-order valence-electron chi connectivity index (χ4n) is 2.56. The molecule has 1 atom stereocenters. The summed E-state index contributed by atoms with van der Waals surface area (Å²) < 4.78 is 0. The van der Waals surface area contributed by atoms with E-state index in [4.69, 9.17) is 0 Å². The minimum Gasteiger partial charge on any atom is -0.389 e. The Labute approximate surface area is 110 Å². The van der Waals surface area contributed by atoms with Crippen LogP contribution in [0.2, 0.25) is 0 Å². The number of aromatic nitrogens is 1. The Hall–Kier alpha value is -0.930. The second kappa shape index (κ2) is 5.81. The van der Waals surface area contributed by atoms with E-state index in [1.54, 1.807) is 0 Å². The van der Waals surface area contributed by atoms with Crippen LogP contribution >= 0.6 is 0 Å². The Morgan fingerprint density at radius 3 is 2.78 bits per heavy atom. The molecule has 100 valence electrons. The predicted molar refractivity (Wildman–Crippen MR) is 73.2 cm³/mol. The van der Waals surface area contributed by atoms with Gasteiger partial charge in [-0.2, -0.15) is 0 Å². The summed E-state index contributed by atoms with van der Waals surface area (Å²) >= 11 is 0. The van der Waals surface area contributed by atoms with Gasteiger partial charge >= 0.3 is 0 Å². The first-order chi connectivity index (χ1) is 8.59. The lowest BCUT2D eigenvalue weighted by Gasteiger charge is -2.35. The van der Waals surface area contributed by atoms with E-state index < -0.39 is 5.60 Å². The molecule has 1 saturated carbocycles. The van der Waals surface area contributed by atoms with E-state index in [2.05, 4.69) is 24.1 Å². The Bertz CT molecular complexity index is 358. The van der Waals surface area contributed by atoms with Crippen LogP contribution in [0.5, 0.6) is 0 Å². The highest BCUT2D eigenvalue weighted by Gasteiger charge is 2.31. The van der Waals surface area contributed by atoms with E-state index >= 15 is 0 Å². The van der Waals surface area contributed by atoms with Gasteiger partial charge < -0.3 is 10.4 Å². The summed E-state index contributed by atoms with van der Waals surface area (Å²) in [5.41, 5.74) is 0.514. The third-order valence-corrected chi connectivity index (χ3v) is 4.07. The van der Waals surface area contributed by atoms with Gasteiger partial charge in [-0.15, -0.1) is 0 Å². The van der Waals surface area contributed by atoms with Crippen molar-refractivity contribution in [3.8, 4) is 0 Å². The minimum atomic E-state index is -0.518. The van der Waals surface area contributed by atoms with E-state index in [-0.39, 0.29) is 6.04 Å². The van der Waals surface area contributed by atoms with Crippen molar-refractivity contribution in [3.63, 3.8) is 0 Å². The first-order valence-corrected chi connectivity index (χ1v) is 6.96. The number of nitrogens with zero attached hydrogens (tertiary/aromatic N) is 1. The number of rotatable bonds is 4. The molecule has 2 N–H and O–H groups in total. The Morgan fingerprint density at radius 1 is 1.44 bits per heavy atom. The molecule has 1 fully saturated rings. The quantitative estimate of drug-likeness (QED) is 0.861. The molecule has 1 aromatic rings. The van der Waals surface area contributed by atoms with E-state index in [1.165, 1.54) is 0 Å². The lowest BCUT2D eigenvalue weighted by Crippen LogP contribution is -2.44. The van der Waals surface area contributed by atoms with Crippen molar-refractivity contribution in [2.24, 2.45) is 5.92 Å². The van der Waals surface area contributed by atoms with Gasteiger partial charge in [0.2, 0.25) is 0 Å². The second-order valence-corrected chi connectivity index (χ2v) is 5.76. The number of hydrogen-bond acceptors (Lipinski definition) is 3. The van der Waals surface area contributed by atoms with Gasteiger partial charge in [-0.3, -0.25) is 4.98 Å². The molecule has 18 heavy (non-hydrogen) atoms. The minimum absolute atomic E-state index is 0.189. The Morgan fingerprint density at radius 2 is 2.17 bits per heavy atom. The monoisotopic (exact) mass is 248 g/mol. The van der Waals surface area contributed by atoms with Gasteiger partial charge in [0, 0.05) is 18.8 Å². The molecular formula is C15H24N2O. The smallest absolute Gasteiger partial charge is 0.0772 e. The first-order valence-electron chi connectivity index (χ1n) is 6.96. The van der Waals surface area contributed by atoms with Crippen LogP contribution < -0.4 is 5.32 Å². The lowest BCUT2D eigenvalue weighted by molar-refractivity contribution is -0.00791. The SMILES string of the molecule is CC1CCC(O)(CNC(C)c2ccccn2)CC1. The van der Waals surface area contributed by atoms with Crippen LogP contribution in [-0.2, 0) is 0 Å². The zero-order valence-electron chi connectivity index (χ0n) is 11.4. The van der Waals surface area contributed by atoms with Crippen LogP contribution in [0.25, 0.3) is 0 Å². The van der Waals surface area contributed by atoms with Crippen molar-refractivity contribution >= 4 is 0 Å². The third kappa shape index (κ3) is 3.53. The molecule has 1 aliphatic carbocycles. The van der Waals surface area contributed by atoms with E-state index in [0.29, 0.717) is 6.54 Å². The van der Waals surface area contributed by atoms with Gasteiger partial charge in [-0.25, -0.2) is 0 Å². The van der Waals surface area contributed by atoms with Crippen LogP contribution in [0.4, 0.5) is 0 Å². The van der Waals surface area contributed by atoms with Gasteiger partial charge in [-0.1, -0.05) is 13.0 Å². The normalized spacial score (nSPS) is 30.1. The van der Waals surface area contributed by atoms with Crippen molar-refractivity contribution in [2.75, 3.05) is 6.54 Å². The maximum absolute atomic E-state index is 10.5. The lowest BCUT2D eigenvalue weighted by atomic mass is 9.79. The summed E-state index contributed by atoms with van der Waals surface area (Å²) in [5, 5.41) is 13.9. The number of hydrogen-bond donors (Lipinski definition) is 2. The van der Waals surface area contributed by atoms with Gasteiger partial charge in [0.25, 0.3) is 0 Å². The standard InChI is InChI=1S/C15H24N2O/c1-12-6-8-15(18,9-7-12)11-17-13(2)14-5-3-4-10-16-14/h3-5,10,12-13,17-18H,6-9,11H2,1-2H3. The molecule has 0 aliphatic heterocycles. The highest BCUT2D eigenvalue weighted by Crippen LogP contribution is 2.31. The molecule has 0 amide bonds.